The number of anilines is 1. The van der Waals surface area contributed by atoms with Crippen molar-refractivity contribution in [2.24, 2.45) is 0 Å². The summed E-state index contributed by atoms with van der Waals surface area (Å²) in [4.78, 5) is 113. The maximum absolute atomic E-state index is 14.2. The highest BCUT2D eigenvalue weighted by atomic mass is 16.6. The van der Waals surface area contributed by atoms with Crippen LogP contribution in [-0.4, -0.2) is 225 Å². The number of hydrogen-bond acceptors (Lipinski definition) is 19. The predicted octanol–water partition coefficient (Wildman–Crippen LogP) is 4.04. The average Bonchev–Trinajstić information content (AvgIpc) is 1.55. The molecule has 8 rings (SSSR count). The molecule has 3 saturated heterocycles. The van der Waals surface area contributed by atoms with Gasteiger partial charge in [0.2, 0.25) is 23.6 Å². The van der Waals surface area contributed by atoms with E-state index in [-0.39, 0.29) is 98.2 Å². The summed E-state index contributed by atoms with van der Waals surface area (Å²) in [5.74, 6) is -2.74. The van der Waals surface area contributed by atoms with Crippen LogP contribution in [0.5, 0.6) is 5.75 Å². The number of H-pyrrole nitrogens is 1. The van der Waals surface area contributed by atoms with Gasteiger partial charge in [-0.15, -0.1) is 0 Å². The van der Waals surface area contributed by atoms with Gasteiger partial charge in [0, 0.05) is 87.2 Å². The summed E-state index contributed by atoms with van der Waals surface area (Å²) in [6.07, 6.45) is 2.02. The molecule has 0 aliphatic carbocycles. The molecule has 500 valence electrons. The van der Waals surface area contributed by atoms with Crippen molar-refractivity contribution in [3.05, 3.63) is 116 Å². The Hall–Kier alpha value is -7.46. The molecule has 1 unspecified atom stereocenters. The zero-order chi connectivity index (χ0) is 65.2. The fourth-order valence-corrected chi connectivity index (χ4v) is 11.6. The quantitative estimate of drug-likeness (QED) is 0.0364. The first kappa shape index (κ1) is 70.4. The summed E-state index contributed by atoms with van der Waals surface area (Å²) in [6.45, 7) is 19.2. The maximum atomic E-state index is 14.2. The van der Waals surface area contributed by atoms with Crippen molar-refractivity contribution < 1.29 is 76.2 Å². The van der Waals surface area contributed by atoms with E-state index in [2.05, 4.69) is 68.0 Å². The average molecular weight is 1280 g/mol. The molecule has 5 heterocycles. The van der Waals surface area contributed by atoms with Crippen molar-refractivity contribution in [3.8, 4) is 16.9 Å². The van der Waals surface area contributed by atoms with Gasteiger partial charge < -0.3 is 68.0 Å². The number of pyridine rings is 1. The fourth-order valence-electron chi connectivity index (χ4n) is 11.6. The molecule has 0 spiro atoms. The number of aromatic nitrogens is 1. The number of nitrogens with zero attached hydrogens (tertiary/aromatic N) is 4. The fraction of sp³-hybridized carbons (Fsp3) is 0.552. The lowest BCUT2D eigenvalue weighted by molar-refractivity contribution is -0.136. The second-order valence-corrected chi connectivity index (χ2v) is 22.9. The monoisotopic (exact) mass is 1280 g/mol. The van der Waals surface area contributed by atoms with Crippen LogP contribution in [0.15, 0.2) is 65.5 Å². The highest BCUT2D eigenvalue weighted by Gasteiger charge is 2.46. The Morgan fingerprint density at radius 1 is 0.663 bits per heavy atom. The van der Waals surface area contributed by atoms with Crippen LogP contribution in [0.2, 0.25) is 0 Å². The summed E-state index contributed by atoms with van der Waals surface area (Å²) >= 11 is 0. The summed E-state index contributed by atoms with van der Waals surface area (Å²) in [5.41, 5.74) is 7.60. The summed E-state index contributed by atoms with van der Waals surface area (Å²) in [6, 6.07) is 18.3. The number of imide groups is 2. The van der Waals surface area contributed by atoms with Crippen molar-refractivity contribution >= 4 is 47.0 Å². The van der Waals surface area contributed by atoms with Crippen molar-refractivity contribution in [1.82, 2.24) is 35.6 Å². The molecular formula is C67H90N8O17. The zero-order valence-electron chi connectivity index (χ0n) is 53.6. The molecule has 4 aliphatic heterocycles. The van der Waals surface area contributed by atoms with Crippen LogP contribution >= 0.6 is 0 Å². The number of carbonyl (C=O) groups excluding carboxylic acids is 7. The number of fused-ring (bicyclic) bond motifs is 1. The summed E-state index contributed by atoms with van der Waals surface area (Å²) in [7, 11) is 0. The van der Waals surface area contributed by atoms with Crippen LogP contribution in [0.3, 0.4) is 0 Å². The molecule has 1 aromatic heterocycles. The number of rotatable bonds is 38. The van der Waals surface area contributed by atoms with Crippen LogP contribution in [0.4, 0.5) is 5.69 Å². The highest BCUT2D eigenvalue weighted by molar-refractivity contribution is 6.24. The van der Waals surface area contributed by atoms with Gasteiger partial charge in [-0.05, 0) is 105 Å². The van der Waals surface area contributed by atoms with Crippen LogP contribution in [0, 0.1) is 20.8 Å². The topological polar surface area (TPSA) is 284 Å². The third-order valence-electron chi connectivity index (χ3n) is 16.5. The molecule has 0 saturated carbocycles. The minimum Gasteiger partial charge on any atom is -0.491 e. The number of likely N-dealkylation sites (tertiary alicyclic amines) is 1. The Balaban J connectivity index is 0.612. The lowest BCUT2D eigenvalue weighted by Crippen LogP contribution is -2.54. The van der Waals surface area contributed by atoms with E-state index >= 15 is 0 Å². The first-order chi connectivity index (χ1) is 44.7. The number of ether oxygens (including phenoxy) is 9. The second-order valence-electron chi connectivity index (χ2n) is 22.9. The Bertz CT molecular complexity index is 3180. The highest BCUT2D eigenvalue weighted by Crippen LogP contribution is 2.36. The summed E-state index contributed by atoms with van der Waals surface area (Å²) in [5, 5.41) is 7.94. The number of amides is 7. The van der Waals surface area contributed by atoms with E-state index in [1.165, 1.54) is 17.7 Å². The number of hydrogen-bond donors (Lipinski definition) is 4. The van der Waals surface area contributed by atoms with E-state index in [0.29, 0.717) is 117 Å². The lowest BCUT2D eigenvalue weighted by Gasteiger charge is -2.40. The number of aryl methyl sites for hydroxylation is 2. The first-order valence-electron chi connectivity index (χ1n) is 32.0. The molecule has 7 amide bonds. The molecule has 25 heteroatoms. The minimum absolute atomic E-state index is 0.0178. The van der Waals surface area contributed by atoms with Crippen LogP contribution < -0.4 is 31.1 Å². The number of nitrogens with one attached hydrogen (secondary N) is 4. The molecule has 25 nitrogen and oxygen atoms in total. The maximum Gasteiger partial charge on any atom is 0.266 e. The van der Waals surface area contributed by atoms with E-state index < -0.39 is 29.7 Å². The molecule has 3 aromatic carbocycles. The largest absolute Gasteiger partial charge is 0.491 e. The van der Waals surface area contributed by atoms with E-state index in [0.717, 1.165) is 84.2 Å². The minimum atomic E-state index is -1.08. The zero-order valence-corrected chi connectivity index (χ0v) is 53.6. The Morgan fingerprint density at radius 3 is 1.87 bits per heavy atom. The smallest absolute Gasteiger partial charge is 0.266 e. The molecule has 0 radical (unpaired) electrons. The van der Waals surface area contributed by atoms with E-state index in [1.807, 2.05) is 37.8 Å². The number of morpholine rings is 1. The molecule has 3 fully saturated rings. The van der Waals surface area contributed by atoms with E-state index in [9.17, 15) is 38.4 Å². The van der Waals surface area contributed by atoms with Crippen molar-refractivity contribution in [2.75, 3.05) is 156 Å². The van der Waals surface area contributed by atoms with Gasteiger partial charge in [-0.3, -0.25) is 53.5 Å². The predicted molar refractivity (Wildman–Crippen MR) is 340 cm³/mol. The van der Waals surface area contributed by atoms with Gasteiger partial charge in [0.15, 0.2) is 0 Å². The van der Waals surface area contributed by atoms with Gasteiger partial charge in [-0.2, -0.15) is 0 Å². The molecular weight excluding hydrogens is 1190 g/mol. The summed E-state index contributed by atoms with van der Waals surface area (Å²) < 4.78 is 50.4. The van der Waals surface area contributed by atoms with Gasteiger partial charge in [0.05, 0.1) is 130 Å². The van der Waals surface area contributed by atoms with Gasteiger partial charge in [0.1, 0.15) is 18.4 Å². The van der Waals surface area contributed by atoms with Gasteiger partial charge in [-0.25, -0.2) is 0 Å². The van der Waals surface area contributed by atoms with Crippen LogP contribution in [0.1, 0.15) is 104 Å². The van der Waals surface area contributed by atoms with Crippen molar-refractivity contribution in [2.45, 2.75) is 91.4 Å². The standard InChI is InChI=1S/C67H90N8O17/c1-5-74(57-43-51(50-11-9-49(10-12-50)45-72-22-27-86-28-23-72)42-54(48(57)4)63(79)69-44-55-46(2)41-47(3)70-64(55)80)52-15-20-73(21-16-52)61(78)18-25-85-30-32-88-34-36-90-38-40-91-39-37-89-35-33-87-31-29-84-24-17-59(76)68-19-26-92-58-8-6-7-53-62(58)67(83)75(66(53)82)56-13-14-60(77)71-65(56)81/h6-12,41-43,52,56H,5,13-40,44-45H2,1-4H3,(H,68,76)(H,69,79)(H,70,80)(H,71,77,81). The molecule has 92 heavy (non-hydrogen) atoms. The number of benzene rings is 3. The van der Waals surface area contributed by atoms with E-state index in [1.54, 1.807) is 6.07 Å². The van der Waals surface area contributed by atoms with Crippen molar-refractivity contribution in [3.63, 3.8) is 0 Å². The Labute approximate surface area is 537 Å². The molecule has 4 aliphatic rings. The molecule has 1 atom stereocenters. The lowest BCUT2D eigenvalue weighted by atomic mass is 9.94. The van der Waals surface area contributed by atoms with Gasteiger partial charge >= 0.3 is 0 Å². The van der Waals surface area contributed by atoms with Gasteiger partial charge in [0.25, 0.3) is 23.3 Å². The SMILES string of the molecule is CCN(c1cc(-c2ccc(CN3CCOCC3)cc2)cc(C(=O)NCc2c(C)cc(C)[nH]c2=O)c1C)C1CCN(C(=O)CCOCCOCCOCCOCCOCCOCCOCCC(=O)NCCOc2cccc3c2C(=O)N(C2CCC(=O)NC2=O)C3=O)CC1. The second kappa shape index (κ2) is 36.7. The van der Waals surface area contributed by atoms with Crippen LogP contribution in [-0.2, 0) is 70.2 Å². The third kappa shape index (κ3) is 20.5. The van der Waals surface area contributed by atoms with Crippen molar-refractivity contribution in [1.29, 1.82) is 0 Å². The first-order valence-corrected chi connectivity index (χ1v) is 32.0. The third-order valence-corrected chi connectivity index (χ3v) is 16.5. The van der Waals surface area contributed by atoms with Gasteiger partial charge in [-0.1, -0.05) is 30.3 Å². The van der Waals surface area contributed by atoms with Crippen LogP contribution in [0.25, 0.3) is 11.1 Å². The number of carbonyl (C=O) groups is 7. The molecule has 4 aromatic rings. The number of aromatic amines is 1. The normalized spacial score (nSPS) is 16.2. The molecule has 0 bridgehead atoms. The Kier molecular flexibility index (Phi) is 28.1. The Morgan fingerprint density at radius 2 is 1.27 bits per heavy atom. The van der Waals surface area contributed by atoms with E-state index in [4.69, 9.17) is 42.6 Å². The number of piperidine rings is 2. The molecule has 4 N–H and O–H groups in total.